The van der Waals surface area contributed by atoms with E-state index >= 15 is 0 Å². The number of ketones is 1. The molecular weight excluding hydrogens is 384 g/mol. The molecule has 0 radical (unpaired) electrons. The first kappa shape index (κ1) is 20.1. The second-order valence-corrected chi connectivity index (χ2v) is 10.6. The Hall–Kier alpha value is -1.61. The lowest BCUT2D eigenvalue weighted by molar-refractivity contribution is 0.102. The summed E-state index contributed by atoms with van der Waals surface area (Å²) in [4.78, 5) is 12.8. The zero-order chi connectivity index (χ0) is 19.9. The lowest BCUT2D eigenvalue weighted by Crippen LogP contribution is -2.14. The van der Waals surface area contributed by atoms with E-state index in [0.717, 1.165) is 22.4 Å². The predicted molar refractivity (Wildman–Crippen MR) is 106 cm³/mol. The van der Waals surface area contributed by atoms with Crippen molar-refractivity contribution >= 4 is 27.4 Å². The number of carbonyl (C=O) groups is 1. The summed E-state index contributed by atoms with van der Waals surface area (Å²) in [6.45, 7) is 7.94. The van der Waals surface area contributed by atoms with Crippen LogP contribution < -0.4 is 0 Å². The third-order valence-corrected chi connectivity index (χ3v) is 7.85. The van der Waals surface area contributed by atoms with Crippen molar-refractivity contribution in [3.63, 3.8) is 0 Å². The molecule has 27 heavy (non-hydrogen) atoms. The molecule has 1 aliphatic heterocycles. The Bertz CT molecular complexity index is 973. The molecular formula is C18H26N4O3S2. The Kier molecular flexibility index (Phi) is 5.54. The summed E-state index contributed by atoms with van der Waals surface area (Å²) in [6, 6.07) is 1.80. The molecule has 7 nitrogen and oxygen atoms in total. The Balaban J connectivity index is 1.75. The molecule has 0 N–H and O–H groups in total. The van der Waals surface area contributed by atoms with E-state index < -0.39 is 9.84 Å². The van der Waals surface area contributed by atoms with E-state index in [1.807, 2.05) is 36.1 Å². The molecule has 1 unspecified atom stereocenters. The van der Waals surface area contributed by atoms with Crippen LogP contribution in [0.1, 0.15) is 59.8 Å². The number of hydrogen-bond donors (Lipinski definition) is 0. The van der Waals surface area contributed by atoms with Crippen molar-refractivity contribution in [2.75, 3.05) is 17.3 Å². The van der Waals surface area contributed by atoms with Crippen LogP contribution in [0.4, 0.5) is 0 Å². The fourth-order valence-electron chi connectivity index (χ4n) is 3.76. The van der Waals surface area contributed by atoms with Crippen molar-refractivity contribution in [2.24, 2.45) is 7.05 Å². The Labute approximate surface area is 164 Å². The maximum absolute atomic E-state index is 12.8. The molecule has 148 valence electrons. The summed E-state index contributed by atoms with van der Waals surface area (Å²) in [6.07, 6.45) is 0.609. The topological polar surface area (TPSA) is 86.8 Å². The molecule has 1 atom stereocenters. The highest BCUT2D eigenvalue weighted by molar-refractivity contribution is 7.99. The zero-order valence-corrected chi connectivity index (χ0v) is 18.0. The van der Waals surface area contributed by atoms with Crippen LogP contribution in [0.25, 0.3) is 0 Å². The molecule has 0 aromatic carbocycles. The molecule has 2 aromatic rings. The molecule has 1 fully saturated rings. The van der Waals surface area contributed by atoms with Gasteiger partial charge in [0.15, 0.2) is 20.8 Å². The SMILES string of the molecule is Cc1cc(C(=O)CSc2nnc(C(C)C)n2C)c(C)n1C1CCS(=O)(=O)C1. The van der Waals surface area contributed by atoms with Crippen LogP contribution in [0.3, 0.4) is 0 Å². The molecule has 0 amide bonds. The van der Waals surface area contributed by atoms with Crippen molar-refractivity contribution in [3.8, 4) is 0 Å². The van der Waals surface area contributed by atoms with E-state index in [1.165, 1.54) is 11.8 Å². The lowest BCUT2D eigenvalue weighted by Gasteiger charge is -2.16. The monoisotopic (exact) mass is 410 g/mol. The molecule has 0 bridgehead atoms. The smallest absolute Gasteiger partial charge is 0.191 e. The summed E-state index contributed by atoms with van der Waals surface area (Å²) in [5.41, 5.74) is 2.44. The maximum Gasteiger partial charge on any atom is 0.191 e. The quantitative estimate of drug-likeness (QED) is 0.537. The fraction of sp³-hybridized carbons (Fsp3) is 0.611. The van der Waals surface area contributed by atoms with Crippen molar-refractivity contribution in [3.05, 3.63) is 28.8 Å². The van der Waals surface area contributed by atoms with Gasteiger partial charge in [0.05, 0.1) is 17.3 Å². The van der Waals surface area contributed by atoms with E-state index in [-0.39, 0.29) is 35.0 Å². The van der Waals surface area contributed by atoms with Crippen LogP contribution in [-0.2, 0) is 16.9 Å². The first-order valence-electron chi connectivity index (χ1n) is 9.05. The number of aromatic nitrogens is 4. The van der Waals surface area contributed by atoms with E-state index in [2.05, 4.69) is 24.0 Å². The summed E-state index contributed by atoms with van der Waals surface area (Å²) in [5, 5.41) is 9.09. The zero-order valence-electron chi connectivity index (χ0n) is 16.4. The normalized spacial score (nSPS) is 19.1. The third-order valence-electron chi connectivity index (χ3n) is 5.08. The van der Waals surface area contributed by atoms with E-state index in [4.69, 9.17) is 0 Å². The molecule has 0 aliphatic carbocycles. The summed E-state index contributed by atoms with van der Waals surface area (Å²) < 4.78 is 27.6. The number of rotatable bonds is 6. The van der Waals surface area contributed by atoms with Gasteiger partial charge in [0, 0.05) is 36.0 Å². The Morgan fingerprint density at radius 3 is 2.59 bits per heavy atom. The molecule has 1 saturated heterocycles. The number of carbonyl (C=O) groups excluding carboxylic acids is 1. The summed E-state index contributed by atoms with van der Waals surface area (Å²) >= 11 is 1.38. The van der Waals surface area contributed by atoms with Gasteiger partial charge in [-0.05, 0) is 26.3 Å². The second-order valence-electron chi connectivity index (χ2n) is 7.48. The molecule has 3 rings (SSSR count). The molecule has 3 heterocycles. The van der Waals surface area contributed by atoms with Gasteiger partial charge in [-0.2, -0.15) is 0 Å². The van der Waals surface area contributed by atoms with Crippen molar-refractivity contribution in [1.29, 1.82) is 0 Å². The maximum atomic E-state index is 12.8. The highest BCUT2D eigenvalue weighted by Crippen LogP contribution is 2.30. The van der Waals surface area contributed by atoms with E-state index in [0.29, 0.717) is 12.0 Å². The van der Waals surface area contributed by atoms with Gasteiger partial charge in [0.2, 0.25) is 0 Å². The predicted octanol–water partition coefficient (Wildman–Crippen LogP) is 2.69. The Morgan fingerprint density at radius 1 is 1.33 bits per heavy atom. The van der Waals surface area contributed by atoms with Crippen LogP contribution in [0.15, 0.2) is 11.2 Å². The molecule has 2 aromatic heterocycles. The van der Waals surface area contributed by atoms with E-state index in [9.17, 15) is 13.2 Å². The number of aryl methyl sites for hydroxylation is 1. The third kappa shape index (κ3) is 3.99. The highest BCUT2D eigenvalue weighted by Gasteiger charge is 2.31. The minimum Gasteiger partial charge on any atom is -0.344 e. The number of hydrogen-bond acceptors (Lipinski definition) is 6. The van der Waals surface area contributed by atoms with Gasteiger partial charge in [0.25, 0.3) is 0 Å². The molecule has 0 saturated carbocycles. The van der Waals surface area contributed by atoms with Gasteiger partial charge in [-0.25, -0.2) is 8.42 Å². The first-order chi connectivity index (χ1) is 12.6. The van der Waals surface area contributed by atoms with Crippen molar-refractivity contribution in [2.45, 2.75) is 51.2 Å². The molecule has 0 spiro atoms. The minimum absolute atomic E-state index is 0.0225. The van der Waals surface area contributed by atoms with Crippen molar-refractivity contribution < 1.29 is 13.2 Å². The van der Waals surface area contributed by atoms with Gasteiger partial charge in [-0.3, -0.25) is 4.79 Å². The largest absolute Gasteiger partial charge is 0.344 e. The van der Waals surface area contributed by atoms with Crippen LogP contribution in [0, 0.1) is 13.8 Å². The van der Waals surface area contributed by atoms with Crippen molar-refractivity contribution in [1.82, 2.24) is 19.3 Å². The van der Waals surface area contributed by atoms with Crippen LogP contribution in [-0.4, -0.2) is 50.8 Å². The number of Topliss-reactive ketones (excluding diaryl/α,β-unsaturated/α-hetero) is 1. The van der Waals surface area contributed by atoms with Gasteiger partial charge in [-0.15, -0.1) is 10.2 Å². The average molecular weight is 411 g/mol. The Morgan fingerprint density at radius 2 is 2.04 bits per heavy atom. The summed E-state index contributed by atoms with van der Waals surface area (Å²) in [5.74, 6) is 1.84. The van der Waals surface area contributed by atoms with Crippen LogP contribution in [0.2, 0.25) is 0 Å². The molecule has 1 aliphatic rings. The second kappa shape index (κ2) is 7.43. The standard InChI is InChI=1S/C18H26N4O3S2/c1-11(2)17-19-20-18(21(17)5)26-9-16(23)15-8-12(3)22(13(15)4)14-6-7-27(24,25)10-14/h8,11,14H,6-7,9-10H2,1-5H3. The minimum atomic E-state index is -2.97. The van der Waals surface area contributed by atoms with Gasteiger partial charge >= 0.3 is 0 Å². The van der Waals surface area contributed by atoms with Gasteiger partial charge < -0.3 is 9.13 Å². The van der Waals surface area contributed by atoms with Crippen LogP contribution in [0.5, 0.6) is 0 Å². The summed E-state index contributed by atoms with van der Waals surface area (Å²) in [7, 11) is -1.06. The average Bonchev–Trinajstić information content (AvgIpc) is 3.21. The first-order valence-corrected chi connectivity index (χ1v) is 11.9. The van der Waals surface area contributed by atoms with Crippen LogP contribution >= 0.6 is 11.8 Å². The highest BCUT2D eigenvalue weighted by atomic mass is 32.2. The number of nitrogens with zero attached hydrogens (tertiary/aromatic N) is 4. The lowest BCUT2D eigenvalue weighted by atomic mass is 10.2. The van der Waals surface area contributed by atoms with Gasteiger partial charge in [-0.1, -0.05) is 25.6 Å². The number of thioether (sulfide) groups is 1. The van der Waals surface area contributed by atoms with E-state index in [1.54, 1.807) is 0 Å². The number of sulfone groups is 1. The fourth-order valence-corrected chi connectivity index (χ4v) is 6.26. The van der Waals surface area contributed by atoms with Gasteiger partial charge in [0.1, 0.15) is 5.82 Å². The molecule has 9 heteroatoms.